The highest BCUT2D eigenvalue weighted by atomic mass is 35.5. The second kappa shape index (κ2) is 10.3. The number of amides is 1. The van der Waals surface area contributed by atoms with Gasteiger partial charge in [-0.1, -0.05) is 58.4 Å². The van der Waals surface area contributed by atoms with Crippen LogP contribution in [0.3, 0.4) is 0 Å². The van der Waals surface area contributed by atoms with Crippen molar-refractivity contribution in [3.8, 4) is 0 Å². The Morgan fingerprint density at radius 3 is 2.69 bits per heavy atom. The van der Waals surface area contributed by atoms with Gasteiger partial charge in [0.2, 0.25) is 11.0 Å². The molecule has 0 saturated heterocycles. The van der Waals surface area contributed by atoms with Crippen LogP contribution in [-0.2, 0) is 11.2 Å². The lowest BCUT2D eigenvalue weighted by molar-refractivity contribution is -0.118. The van der Waals surface area contributed by atoms with Gasteiger partial charge in [-0.3, -0.25) is 4.79 Å². The van der Waals surface area contributed by atoms with E-state index in [1.165, 1.54) is 34.2 Å². The zero-order valence-electron chi connectivity index (χ0n) is 16.0. The highest BCUT2D eigenvalue weighted by molar-refractivity contribution is 8.01. The zero-order valence-corrected chi connectivity index (χ0v) is 19.1. The Hall–Kier alpha value is -1.80. The molecule has 0 aliphatic carbocycles. The summed E-state index contributed by atoms with van der Waals surface area (Å²) >= 11 is 14.8. The van der Waals surface area contributed by atoms with E-state index in [1.807, 2.05) is 12.1 Å². The first-order chi connectivity index (χ1) is 13.9. The van der Waals surface area contributed by atoms with Crippen molar-refractivity contribution in [2.75, 3.05) is 17.6 Å². The van der Waals surface area contributed by atoms with Crippen LogP contribution in [0.1, 0.15) is 16.7 Å². The molecule has 152 valence electrons. The number of rotatable bonds is 8. The summed E-state index contributed by atoms with van der Waals surface area (Å²) in [6.45, 7) is 4.66. The molecule has 1 amide bonds. The summed E-state index contributed by atoms with van der Waals surface area (Å²) in [6, 6.07) is 11.5. The Morgan fingerprint density at radius 2 is 1.93 bits per heavy atom. The van der Waals surface area contributed by atoms with E-state index in [0.717, 1.165) is 15.6 Å². The van der Waals surface area contributed by atoms with Gasteiger partial charge in [-0.05, 0) is 61.2 Å². The molecule has 3 aromatic rings. The zero-order chi connectivity index (χ0) is 20.8. The van der Waals surface area contributed by atoms with Gasteiger partial charge in [0.1, 0.15) is 0 Å². The first-order valence-electron chi connectivity index (χ1n) is 8.92. The summed E-state index contributed by atoms with van der Waals surface area (Å²) in [6.07, 6.45) is 0.648. The molecule has 0 unspecified atom stereocenters. The SMILES string of the molecule is Cc1ccc(Nc2nnc(SCC(=O)NCCc3ccc(Cl)cc3Cl)s2)cc1C. The predicted octanol–water partition coefficient (Wildman–Crippen LogP) is 5.66. The minimum absolute atomic E-state index is 0.0565. The van der Waals surface area contributed by atoms with Crippen molar-refractivity contribution >= 4 is 63.0 Å². The number of hydrogen-bond acceptors (Lipinski definition) is 6. The van der Waals surface area contributed by atoms with Gasteiger partial charge < -0.3 is 10.6 Å². The lowest BCUT2D eigenvalue weighted by atomic mass is 10.1. The number of aryl methyl sites for hydroxylation is 2. The average molecular weight is 467 g/mol. The topological polar surface area (TPSA) is 66.9 Å². The summed E-state index contributed by atoms with van der Waals surface area (Å²) in [7, 11) is 0. The molecule has 9 heteroatoms. The van der Waals surface area contributed by atoms with E-state index in [9.17, 15) is 4.79 Å². The third-order valence-corrected chi connectivity index (χ3v) is 6.78. The van der Waals surface area contributed by atoms with Gasteiger partial charge >= 0.3 is 0 Å². The van der Waals surface area contributed by atoms with Gasteiger partial charge in [0, 0.05) is 22.3 Å². The van der Waals surface area contributed by atoms with E-state index in [-0.39, 0.29) is 11.7 Å². The molecule has 0 aliphatic heterocycles. The summed E-state index contributed by atoms with van der Waals surface area (Å²) in [5.41, 5.74) is 4.38. The van der Waals surface area contributed by atoms with E-state index in [0.29, 0.717) is 28.1 Å². The average Bonchev–Trinajstić information content (AvgIpc) is 3.12. The first kappa shape index (κ1) is 21.9. The van der Waals surface area contributed by atoms with Crippen molar-refractivity contribution in [1.29, 1.82) is 0 Å². The fourth-order valence-electron chi connectivity index (χ4n) is 2.50. The predicted molar refractivity (Wildman–Crippen MR) is 123 cm³/mol. The summed E-state index contributed by atoms with van der Waals surface area (Å²) in [5, 5.41) is 16.3. The van der Waals surface area contributed by atoms with Gasteiger partial charge in [-0.2, -0.15) is 0 Å². The number of aromatic nitrogens is 2. The Bertz CT molecular complexity index is 1010. The molecule has 0 spiro atoms. The normalized spacial score (nSPS) is 10.8. The van der Waals surface area contributed by atoms with Crippen LogP contribution in [0.4, 0.5) is 10.8 Å². The standard InChI is InChI=1S/C20H20Cl2N4OS2/c1-12-3-6-16(9-13(12)2)24-19-25-26-20(29-19)28-11-18(27)23-8-7-14-4-5-15(21)10-17(14)22/h3-6,9-10H,7-8,11H2,1-2H3,(H,23,27)(H,24,25). The van der Waals surface area contributed by atoms with Crippen LogP contribution in [0.15, 0.2) is 40.7 Å². The minimum atomic E-state index is -0.0565. The second-order valence-electron chi connectivity index (χ2n) is 6.42. The first-order valence-corrected chi connectivity index (χ1v) is 11.5. The highest BCUT2D eigenvalue weighted by Gasteiger charge is 2.09. The summed E-state index contributed by atoms with van der Waals surface area (Å²) in [5.74, 6) is 0.228. The maximum Gasteiger partial charge on any atom is 0.230 e. The highest BCUT2D eigenvalue weighted by Crippen LogP contribution is 2.28. The fraction of sp³-hybridized carbons (Fsp3) is 0.250. The molecule has 1 aromatic heterocycles. The van der Waals surface area contributed by atoms with E-state index in [4.69, 9.17) is 23.2 Å². The van der Waals surface area contributed by atoms with Gasteiger partial charge in [0.15, 0.2) is 4.34 Å². The lowest BCUT2D eigenvalue weighted by Gasteiger charge is -2.06. The molecule has 1 heterocycles. The van der Waals surface area contributed by atoms with Gasteiger partial charge in [-0.15, -0.1) is 10.2 Å². The number of benzene rings is 2. The van der Waals surface area contributed by atoms with Gasteiger partial charge in [-0.25, -0.2) is 0 Å². The van der Waals surface area contributed by atoms with Gasteiger partial charge in [0.05, 0.1) is 5.75 Å². The van der Waals surface area contributed by atoms with Crippen LogP contribution in [0.25, 0.3) is 0 Å². The molecule has 0 bridgehead atoms. The Labute approximate surface area is 188 Å². The fourth-order valence-corrected chi connectivity index (χ4v) is 4.61. The molecule has 2 aromatic carbocycles. The number of carbonyl (C=O) groups excluding carboxylic acids is 1. The quantitative estimate of drug-likeness (QED) is 0.419. The van der Waals surface area contributed by atoms with Crippen LogP contribution < -0.4 is 10.6 Å². The molecular weight excluding hydrogens is 447 g/mol. The Balaban J connectivity index is 1.43. The molecule has 0 saturated carbocycles. The van der Waals surface area contributed by atoms with Crippen molar-refractivity contribution in [3.63, 3.8) is 0 Å². The van der Waals surface area contributed by atoms with Crippen LogP contribution in [0.2, 0.25) is 10.0 Å². The molecule has 29 heavy (non-hydrogen) atoms. The maximum absolute atomic E-state index is 12.1. The van der Waals surface area contributed by atoms with Crippen LogP contribution in [0, 0.1) is 13.8 Å². The monoisotopic (exact) mass is 466 g/mol. The number of nitrogens with one attached hydrogen (secondary N) is 2. The Morgan fingerprint density at radius 1 is 1.10 bits per heavy atom. The number of anilines is 2. The van der Waals surface area contributed by atoms with Crippen molar-refractivity contribution in [2.45, 2.75) is 24.6 Å². The third-order valence-electron chi connectivity index (χ3n) is 4.22. The maximum atomic E-state index is 12.1. The van der Waals surface area contributed by atoms with E-state index in [2.05, 4.69) is 46.8 Å². The number of nitrogens with zero attached hydrogens (tertiary/aromatic N) is 2. The lowest BCUT2D eigenvalue weighted by Crippen LogP contribution is -2.27. The van der Waals surface area contributed by atoms with Crippen LogP contribution in [0.5, 0.6) is 0 Å². The molecule has 5 nitrogen and oxygen atoms in total. The molecular formula is C20H20Cl2N4OS2. The Kier molecular flexibility index (Phi) is 7.77. The number of thioether (sulfide) groups is 1. The van der Waals surface area contributed by atoms with E-state index in [1.54, 1.807) is 12.1 Å². The second-order valence-corrected chi connectivity index (χ2v) is 9.47. The minimum Gasteiger partial charge on any atom is -0.355 e. The summed E-state index contributed by atoms with van der Waals surface area (Å²) < 4.78 is 0.743. The van der Waals surface area contributed by atoms with Crippen LogP contribution in [-0.4, -0.2) is 28.4 Å². The van der Waals surface area contributed by atoms with Crippen molar-refractivity contribution in [1.82, 2.24) is 15.5 Å². The molecule has 0 fully saturated rings. The largest absolute Gasteiger partial charge is 0.355 e. The van der Waals surface area contributed by atoms with E-state index >= 15 is 0 Å². The third kappa shape index (κ3) is 6.60. The van der Waals surface area contributed by atoms with E-state index < -0.39 is 0 Å². The smallest absolute Gasteiger partial charge is 0.230 e. The number of carbonyl (C=O) groups is 1. The van der Waals surface area contributed by atoms with Crippen molar-refractivity contribution in [2.24, 2.45) is 0 Å². The van der Waals surface area contributed by atoms with Gasteiger partial charge in [0.25, 0.3) is 0 Å². The van der Waals surface area contributed by atoms with Crippen molar-refractivity contribution < 1.29 is 4.79 Å². The molecule has 0 radical (unpaired) electrons. The molecule has 0 atom stereocenters. The number of halogens is 2. The molecule has 3 rings (SSSR count). The van der Waals surface area contributed by atoms with Crippen molar-refractivity contribution in [3.05, 3.63) is 63.1 Å². The molecule has 2 N–H and O–H groups in total. The summed E-state index contributed by atoms with van der Waals surface area (Å²) in [4.78, 5) is 12.1. The number of hydrogen-bond donors (Lipinski definition) is 2. The molecule has 0 aliphatic rings. The van der Waals surface area contributed by atoms with Crippen LogP contribution >= 0.6 is 46.3 Å².